The highest BCUT2D eigenvalue weighted by Gasteiger charge is 2.17. The highest BCUT2D eigenvalue weighted by Crippen LogP contribution is 2.25. The number of hydrogen-bond acceptors (Lipinski definition) is 2. The number of nitriles is 1. The van der Waals surface area contributed by atoms with Gasteiger partial charge in [0, 0.05) is 17.4 Å². The predicted molar refractivity (Wildman–Crippen MR) is 71.2 cm³/mol. The van der Waals surface area contributed by atoms with Crippen molar-refractivity contribution in [1.29, 1.82) is 5.26 Å². The maximum Gasteiger partial charge on any atom is 0.146 e. The van der Waals surface area contributed by atoms with Crippen molar-refractivity contribution in [2.75, 3.05) is 11.9 Å². The van der Waals surface area contributed by atoms with E-state index in [2.05, 4.69) is 41.2 Å². The summed E-state index contributed by atoms with van der Waals surface area (Å²) in [5.41, 5.74) is 0.467. The highest BCUT2D eigenvalue weighted by molar-refractivity contribution is 9.10. The number of halogens is 2. The van der Waals surface area contributed by atoms with Gasteiger partial charge in [0.25, 0.3) is 0 Å². The van der Waals surface area contributed by atoms with Gasteiger partial charge in [-0.3, -0.25) is 0 Å². The Balaban J connectivity index is 2.61. The Labute approximate surface area is 110 Å². The summed E-state index contributed by atoms with van der Waals surface area (Å²) in [7, 11) is 0. The minimum atomic E-state index is -0.260. The molecule has 92 valence electrons. The SMILES string of the molecule is CC(C)(CCC#N)CNc1cc(Br)ccc1F. The second kappa shape index (κ2) is 6.02. The fourth-order valence-electron chi connectivity index (χ4n) is 1.45. The molecule has 17 heavy (non-hydrogen) atoms. The van der Waals surface area contributed by atoms with E-state index in [0.29, 0.717) is 18.7 Å². The number of anilines is 1. The lowest BCUT2D eigenvalue weighted by molar-refractivity contribution is 0.363. The first-order valence-corrected chi connectivity index (χ1v) is 6.30. The number of benzene rings is 1. The summed E-state index contributed by atoms with van der Waals surface area (Å²) in [5, 5.41) is 11.6. The van der Waals surface area contributed by atoms with E-state index in [4.69, 9.17) is 5.26 Å². The zero-order chi connectivity index (χ0) is 12.9. The Hall–Kier alpha value is -1.08. The molecule has 0 atom stereocenters. The first-order valence-electron chi connectivity index (χ1n) is 5.50. The Morgan fingerprint density at radius 2 is 2.18 bits per heavy atom. The van der Waals surface area contributed by atoms with Crippen LogP contribution >= 0.6 is 15.9 Å². The van der Waals surface area contributed by atoms with Crippen LogP contribution in [-0.4, -0.2) is 6.54 Å². The van der Waals surface area contributed by atoms with Gasteiger partial charge in [0.05, 0.1) is 11.8 Å². The number of nitrogens with zero attached hydrogens (tertiary/aromatic N) is 1. The van der Waals surface area contributed by atoms with Crippen molar-refractivity contribution in [3.05, 3.63) is 28.5 Å². The van der Waals surface area contributed by atoms with Gasteiger partial charge in [-0.1, -0.05) is 29.8 Å². The smallest absolute Gasteiger partial charge is 0.146 e. The van der Waals surface area contributed by atoms with Gasteiger partial charge >= 0.3 is 0 Å². The molecule has 1 rings (SSSR count). The second-order valence-electron chi connectivity index (χ2n) is 4.80. The molecular weight excluding hydrogens is 283 g/mol. The average Bonchev–Trinajstić information content (AvgIpc) is 2.28. The number of rotatable bonds is 5. The number of hydrogen-bond donors (Lipinski definition) is 1. The lowest BCUT2D eigenvalue weighted by atomic mass is 9.88. The van der Waals surface area contributed by atoms with Crippen molar-refractivity contribution in [3.63, 3.8) is 0 Å². The minimum absolute atomic E-state index is 0.0233. The fourth-order valence-corrected chi connectivity index (χ4v) is 1.81. The highest BCUT2D eigenvalue weighted by atomic mass is 79.9. The van der Waals surface area contributed by atoms with Crippen LogP contribution in [0.15, 0.2) is 22.7 Å². The van der Waals surface area contributed by atoms with Gasteiger partial charge in [-0.25, -0.2) is 4.39 Å². The Bertz CT molecular complexity index is 424. The Morgan fingerprint density at radius 3 is 2.82 bits per heavy atom. The third-order valence-electron chi connectivity index (χ3n) is 2.60. The zero-order valence-corrected chi connectivity index (χ0v) is 11.6. The van der Waals surface area contributed by atoms with E-state index in [0.717, 1.165) is 10.9 Å². The van der Waals surface area contributed by atoms with E-state index < -0.39 is 0 Å². The summed E-state index contributed by atoms with van der Waals surface area (Å²) in [5.74, 6) is -0.260. The monoisotopic (exact) mass is 298 g/mol. The first-order chi connectivity index (χ1) is 7.94. The van der Waals surface area contributed by atoms with Crippen molar-refractivity contribution in [2.24, 2.45) is 5.41 Å². The van der Waals surface area contributed by atoms with Gasteiger partial charge in [-0.2, -0.15) is 5.26 Å². The molecule has 0 saturated heterocycles. The molecule has 0 fully saturated rings. The molecule has 0 amide bonds. The van der Waals surface area contributed by atoms with Crippen molar-refractivity contribution in [1.82, 2.24) is 0 Å². The average molecular weight is 299 g/mol. The topological polar surface area (TPSA) is 35.8 Å². The molecule has 0 heterocycles. The maximum atomic E-state index is 13.5. The number of nitrogens with one attached hydrogen (secondary N) is 1. The molecule has 0 aromatic heterocycles. The third-order valence-corrected chi connectivity index (χ3v) is 3.09. The van der Waals surface area contributed by atoms with Gasteiger partial charge in [0.15, 0.2) is 0 Å². The summed E-state index contributed by atoms with van der Waals surface area (Å²) >= 11 is 3.31. The van der Waals surface area contributed by atoms with Crippen LogP contribution in [0.5, 0.6) is 0 Å². The predicted octanol–water partition coefficient (Wildman–Crippen LogP) is 4.33. The second-order valence-corrected chi connectivity index (χ2v) is 5.72. The Kier molecular flexibility index (Phi) is 4.95. The van der Waals surface area contributed by atoms with Crippen molar-refractivity contribution >= 4 is 21.6 Å². The van der Waals surface area contributed by atoms with E-state index in [1.54, 1.807) is 12.1 Å². The van der Waals surface area contributed by atoms with Gasteiger partial charge in [-0.05, 0) is 30.0 Å². The van der Waals surface area contributed by atoms with Crippen molar-refractivity contribution in [2.45, 2.75) is 26.7 Å². The lowest BCUT2D eigenvalue weighted by Gasteiger charge is -2.24. The van der Waals surface area contributed by atoms with Crippen LogP contribution in [0.1, 0.15) is 26.7 Å². The van der Waals surface area contributed by atoms with Crippen LogP contribution in [-0.2, 0) is 0 Å². The quantitative estimate of drug-likeness (QED) is 0.878. The minimum Gasteiger partial charge on any atom is -0.382 e. The van der Waals surface area contributed by atoms with Crippen LogP contribution in [0.2, 0.25) is 0 Å². The van der Waals surface area contributed by atoms with E-state index in [1.807, 2.05) is 0 Å². The molecule has 1 N–H and O–H groups in total. The lowest BCUT2D eigenvalue weighted by Crippen LogP contribution is -2.23. The van der Waals surface area contributed by atoms with Gasteiger partial charge in [0.1, 0.15) is 5.82 Å². The molecule has 0 saturated carbocycles. The normalized spacial score (nSPS) is 11.0. The summed E-state index contributed by atoms with van der Waals surface area (Å²) in [4.78, 5) is 0. The van der Waals surface area contributed by atoms with Gasteiger partial charge in [0.2, 0.25) is 0 Å². The molecular formula is C13H16BrFN2. The van der Waals surface area contributed by atoms with Crippen LogP contribution in [0.4, 0.5) is 10.1 Å². The Morgan fingerprint density at radius 1 is 1.47 bits per heavy atom. The molecule has 2 nitrogen and oxygen atoms in total. The van der Waals surface area contributed by atoms with E-state index in [9.17, 15) is 4.39 Å². The van der Waals surface area contributed by atoms with Crippen molar-refractivity contribution < 1.29 is 4.39 Å². The standard InChI is InChI=1S/C13H16BrFN2/c1-13(2,6-3-7-16)9-17-12-8-10(14)4-5-11(12)15/h4-5,8,17H,3,6,9H2,1-2H3. The molecule has 0 aliphatic heterocycles. The van der Waals surface area contributed by atoms with Crippen LogP contribution in [0.3, 0.4) is 0 Å². The van der Waals surface area contributed by atoms with E-state index >= 15 is 0 Å². The molecule has 4 heteroatoms. The van der Waals surface area contributed by atoms with E-state index in [1.165, 1.54) is 6.07 Å². The molecule has 0 aliphatic rings. The van der Waals surface area contributed by atoms with Crippen LogP contribution in [0.25, 0.3) is 0 Å². The summed E-state index contributed by atoms with van der Waals surface area (Å²) in [6, 6.07) is 6.94. The molecule has 0 unspecified atom stereocenters. The maximum absolute atomic E-state index is 13.5. The summed E-state index contributed by atoms with van der Waals surface area (Å²) in [6.07, 6.45) is 1.32. The van der Waals surface area contributed by atoms with E-state index in [-0.39, 0.29) is 11.2 Å². The van der Waals surface area contributed by atoms with Crippen LogP contribution in [0, 0.1) is 22.6 Å². The van der Waals surface area contributed by atoms with Gasteiger partial charge in [-0.15, -0.1) is 0 Å². The zero-order valence-electron chi connectivity index (χ0n) is 10.1. The molecule has 1 aromatic carbocycles. The first kappa shape index (κ1) is 14.0. The molecule has 0 spiro atoms. The molecule has 0 radical (unpaired) electrons. The third kappa shape index (κ3) is 4.74. The van der Waals surface area contributed by atoms with Crippen LogP contribution < -0.4 is 5.32 Å². The molecule has 0 aliphatic carbocycles. The summed E-state index contributed by atoms with van der Waals surface area (Å²) < 4.78 is 14.3. The van der Waals surface area contributed by atoms with Crippen molar-refractivity contribution in [3.8, 4) is 6.07 Å². The molecule has 1 aromatic rings. The van der Waals surface area contributed by atoms with Gasteiger partial charge < -0.3 is 5.32 Å². The molecule has 0 bridgehead atoms. The largest absolute Gasteiger partial charge is 0.382 e. The fraction of sp³-hybridized carbons (Fsp3) is 0.462. The summed E-state index contributed by atoms with van der Waals surface area (Å²) in [6.45, 7) is 4.77.